The molecular weight excluding hydrogens is 490 g/mol. The predicted molar refractivity (Wildman–Crippen MR) is 158 cm³/mol. The van der Waals surface area contributed by atoms with Crippen molar-refractivity contribution < 1.29 is 9.53 Å². The molecule has 5 rings (SSSR count). The van der Waals surface area contributed by atoms with Crippen molar-refractivity contribution in [3.05, 3.63) is 67.6 Å². The maximum atomic E-state index is 12.4. The highest BCUT2D eigenvalue weighted by atomic mass is 16.5. The van der Waals surface area contributed by atoms with Crippen LogP contribution in [0.5, 0.6) is 5.75 Å². The molecule has 0 atom stereocenters. The van der Waals surface area contributed by atoms with Gasteiger partial charge in [0.15, 0.2) is 0 Å². The number of para-hydroxylation sites is 1. The van der Waals surface area contributed by atoms with E-state index in [2.05, 4.69) is 74.0 Å². The number of methoxy groups -OCH3 is 1. The summed E-state index contributed by atoms with van der Waals surface area (Å²) in [5.41, 5.74) is 5.27. The number of aryl methyl sites for hydroxylation is 1. The lowest BCUT2D eigenvalue weighted by Crippen LogP contribution is -2.42. The summed E-state index contributed by atoms with van der Waals surface area (Å²) >= 11 is 0. The first-order valence-corrected chi connectivity index (χ1v) is 13.1. The van der Waals surface area contributed by atoms with Crippen LogP contribution in [0.15, 0.2) is 67.6 Å². The summed E-state index contributed by atoms with van der Waals surface area (Å²) in [4.78, 5) is 25.9. The van der Waals surface area contributed by atoms with E-state index in [0.717, 1.165) is 53.8 Å². The molecule has 0 saturated carbocycles. The first-order valence-electron chi connectivity index (χ1n) is 13.1. The van der Waals surface area contributed by atoms with Gasteiger partial charge in [-0.25, -0.2) is 9.97 Å². The van der Waals surface area contributed by atoms with Crippen molar-refractivity contribution in [3.8, 4) is 17.0 Å². The Balaban J connectivity index is 1.48. The minimum absolute atomic E-state index is 0.268. The van der Waals surface area contributed by atoms with E-state index in [-0.39, 0.29) is 5.91 Å². The summed E-state index contributed by atoms with van der Waals surface area (Å²) in [6.07, 6.45) is 6.99. The molecule has 2 aromatic carbocycles. The fourth-order valence-electron chi connectivity index (χ4n) is 5.26. The summed E-state index contributed by atoms with van der Waals surface area (Å²) < 4.78 is 7.89. The maximum Gasteiger partial charge on any atom is 0.247 e. The summed E-state index contributed by atoms with van der Waals surface area (Å²) in [5.74, 6) is 1.00. The number of carbonyl (C=O) groups is 1. The van der Waals surface area contributed by atoms with Gasteiger partial charge in [0.05, 0.1) is 29.9 Å². The molecule has 0 unspecified atom stereocenters. The third-order valence-electron chi connectivity index (χ3n) is 7.40. The Morgan fingerprint density at radius 3 is 2.62 bits per heavy atom. The Morgan fingerprint density at radius 1 is 1.13 bits per heavy atom. The van der Waals surface area contributed by atoms with Crippen molar-refractivity contribution >= 4 is 39.7 Å². The molecule has 9 heteroatoms. The van der Waals surface area contributed by atoms with Gasteiger partial charge in [0.25, 0.3) is 0 Å². The van der Waals surface area contributed by atoms with E-state index >= 15 is 0 Å². The van der Waals surface area contributed by atoms with E-state index < -0.39 is 0 Å². The van der Waals surface area contributed by atoms with Crippen molar-refractivity contribution in [3.63, 3.8) is 0 Å². The Morgan fingerprint density at radius 2 is 1.90 bits per heavy atom. The minimum Gasteiger partial charge on any atom is -0.494 e. The van der Waals surface area contributed by atoms with Gasteiger partial charge in [-0.3, -0.25) is 4.79 Å². The topological polar surface area (TPSA) is 87.5 Å². The summed E-state index contributed by atoms with van der Waals surface area (Å²) in [6, 6.07) is 14.6. The second-order valence-electron chi connectivity index (χ2n) is 10.0. The molecule has 1 saturated heterocycles. The molecule has 1 amide bonds. The lowest BCUT2D eigenvalue weighted by atomic mass is 10.0. The van der Waals surface area contributed by atoms with E-state index in [1.807, 2.05) is 37.4 Å². The summed E-state index contributed by atoms with van der Waals surface area (Å²) in [7, 11) is 7.92. The molecule has 39 heavy (non-hydrogen) atoms. The number of nitrogens with zero attached hydrogens (tertiary/aromatic N) is 5. The van der Waals surface area contributed by atoms with Gasteiger partial charge in [-0.05, 0) is 45.1 Å². The number of rotatable bonds is 8. The number of aromatic nitrogens is 3. The highest BCUT2D eigenvalue weighted by Gasteiger charge is 2.24. The van der Waals surface area contributed by atoms with Crippen LogP contribution in [-0.4, -0.2) is 65.7 Å². The van der Waals surface area contributed by atoms with Crippen LogP contribution in [0.25, 0.3) is 22.2 Å². The Bertz CT molecular complexity index is 1500. The van der Waals surface area contributed by atoms with Crippen molar-refractivity contribution in [2.45, 2.75) is 18.9 Å². The zero-order chi connectivity index (χ0) is 27.5. The molecule has 4 aromatic rings. The maximum absolute atomic E-state index is 12.4. The molecule has 0 radical (unpaired) electrons. The van der Waals surface area contributed by atoms with Crippen LogP contribution in [0.3, 0.4) is 0 Å². The predicted octanol–water partition coefficient (Wildman–Crippen LogP) is 5.04. The number of hydrogen-bond donors (Lipinski definition) is 2. The molecule has 1 aliphatic rings. The quantitative estimate of drug-likeness (QED) is 0.312. The van der Waals surface area contributed by atoms with Crippen LogP contribution < -0.4 is 20.3 Å². The number of piperidine rings is 1. The highest BCUT2D eigenvalue weighted by Crippen LogP contribution is 2.40. The third kappa shape index (κ3) is 5.44. The molecule has 9 nitrogen and oxygen atoms in total. The number of benzene rings is 2. The molecule has 0 aliphatic carbocycles. The molecule has 1 aliphatic heterocycles. The van der Waals surface area contributed by atoms with Gasteiger partial charge >= 0.3 is 0 Å². The van der Waals surface area contributed by atoms with Gasteiger partial charge in [-0.2, -0.15) is 0 Å². The molecule has 0 spiro atoms. The van der Waals surface area contributed by atoms with Crippen molar-refractivity contribution in [1.82, 2.24) is 19.4 Å². The zero-order valence-corrected chi connectivity index (χ0v) is 22.9. The first-order chi connectivity index (χ1) is 18.9. The lowest BCUT2D eigenvalue weighted by Gasteiger charge is -2.37. The van der Waals surface area contributed by atoms with Crippen molar-refractivity contribution in [2.75, 3.05) is 49.8 Å². The summed E-state index contributed by atoms with van der Waals surface area (Å²) in [6.45, 7) is 5.39. The number of amides is 1. The normalized spacial score (nSPS) is 14.0. The Hall–Kier alpha value is -4.37. The van der Waals surface area contributed by atoms with Gasteiger partial charge in [0.2, 0.25) is 5.91 Å². The second-order valence-corrected chi connectivity index (χ2v) is 10.0. The van der Waals surface area contributed by atoms with E-state index in [0.29, 0.717) is 29.0 Å². The Kier molecular flexibility index (Phi) is 7.51. The largest absolute Gasteiger partial charge is 0.494 e. The zero-order valence-electron chi connectivity index (χ0n) is 22.9. The number of hydrogen-bond acceptors (Lipinski definition) is 7. The van der Waals surface area contributed by atoms with Gasteiger partial charge in [0.1, 0.15) is 17.9 Å². The van der Waals surface area contributed by atoms with E-state index in [4.69, 9.17) is 4.74 Å². The molecule has 1 fully saturated rings. The SMILES string of the molecule is C=CC(=O)Nc1cc(Nc2cc(-c3cn(C)c4ccccc34)ncn2)c(OC)cc1N1CCC(N(C)C)CC1. The fourth-order valence-corrected chi connectivity index (χ4v) is 5.26. The smallest absolute Gasteiger partial charge is 0.247 e. The average molecular weight is 526 g/mol. The second kappa shape index (κ2) is 11.2. The van der Waals surface area contributed by atoms with Crippen LogP contribution in [0.2, 0.25) is 0 Å². The third-order valence-corrected chi connectivity index (χ3v) is 7.40. The minimum atomic E-state index is -0.268. The molecule has 2 N–H and O–H groups in total. The van der Waals surface area contributed by atoms with Crippen LogP contribution in [0.4, 0.5) is 22.9 Å². The van der Waals surface area contributed by atoms with Gasteiger partial charge in [-0.15, -0.1) is 0 Å². The van der Waals surface area contributed by atoms with E-state index in [1.54, 1.807) is 13.4 Å². The molecule has 0 bridgehead atoms. The standard InChI is InChI=1S/C30H35N7O2/c1-6-30(38)34-24-15-25(28(39-5)17-27(24)37-13-11-20(12-14-37)35(2)3)33-29-16-23(31-19-32-29)22-18-36(4)26-10-8-7-9-21(22)26/h6-10,15-20H,1,11-14H2,2-5H3,(H,34,38)(H,31,32,33). The number of nitrogens with one attached hydrogen (secondary N) is 2. The molecular formula is C30H35N7O2. The van der Waals surface area contributed by atoms with Gasteiger partial charge in [-0.1, -0.05) is 24.8 Å². The highest BCUT2D eigenvalue weighted by molar-refractivity contribution is 6.02. The molecule has 3 heterocycles. The van der Waals surface area contributed by atoms with Crippen LogP contribution in [0, 0.1) is 0 Å². The van der Waals surface area contributed by atoms with E-state index in [1.165, 1.54) is 6.08 Å². The number of carbonyl (C=O) groups excluding carboxylic acids is 1. The monoisotopic (exact) mass is 525 g/mol. The fraction of sp³-hybridized carbons (Fsp3) is 0.300. The van der Waals surface area contributed by atoms with Crippen molar-refractivity contribution in [2.24, 2.45) is 7.05 Å². The van der Waals surface area contributed by atoms with Crippen LogP contribution in [-0.2, 0) is 11.8 Å². The molecule has 202 valence electrons. The van der Waals surface area contributed by atoms with Gasteiger partial charge in [0, 0.05) is 61.0 Å². The Labute approximate surface area is 229 Å². The number of anilines is 4. The lowest BCUT2D eigenvalue weighted by molar-refractivity contribution is -0.111. The first kappa shape index (κ1) is 26.2. The van der Waals surface area contributed by atoms with Crippen LogP contribution in [0.1, 0.15) is 12.8 Å². The van der Waals surface area contributed by atoms with Gasteiger partial charge < -0.3 is 29.7 Å². The number of ether oxygens (including phenoxy) is 1. The number of fused-ring (bicyclic) bond motifs is 1. The van der Waals surface area contributed by atoms with Crippen molar-refractivity contribution in [1.29, 1.82) is 0 Å². The van der Waals surface area contributed by atoms with Crippen LogP contribution >= 0.6 is 0 Å². The van der Waals surface area contributed by atoms with E-state index in [9.17, 15) is 4.79 Å². The average Bonchev–Trinajstić information content (AvgIpc) is 3.30. The summed E-state index contributed by atoms with van der Waals surface area (Å²) in [5, 5.41) is 7.50. The molecule has 2 aromatic heterocycles.